The second kappa shape index (κ2) is 4.77. The van der Waals surface area contributed by atoms with Gasteiger partial charge in [0.05, 0.1) is 10.5 Å². The first kappa shape index (κ1) is 14.3. The van der Waals surface area contributed by atoms with Crippen LogP contribution in [0.1, 0.15) is 18.4 Å². The van der Waals surface area contributed by atoms with Gasteiger partial charge in [-0.05, 0) is 31.0 Å². The Labute approximate surface area is 108 Å². The zero-order chi connectivity index (χ0) is 14.3. The van der Waals surface area contributed by atoms with E-state index in [1.807, 2.05) is 0 Å². The van der Waals surface area contributed by atoms with Gasteiger partial charge in [0, 0.05) is 12.1 Å². The number of nitrogens with two attached hydrogens (primary N) is 1. The van der Waals surface area contributed by atoms with Gasteiger partial charge >= 0.3 is 6.18 Å². The predicted octanol–water partition coefficient (Wildman–Crippen LogP) is 1.47. The summed E-state index contributed by atoms with van der Waals surface area (Å²) in [6.45, 7) is 0. The van der Waals surface area contributed by atoms with Crippen molar-refractivity contribution in [3.8, 4) is 0 Å². The summed E-state index contributed by atoms with van der Waals surface area (Å²) >= 11 is 0. The largest absolute Gasteiger partial charge is 0.416 e. The average molecular weight is 294 g/mol. The first-order valence-electron chi connectivity index (χ1n) is 5.63. The van der Waals surface area contributed by atoms with Crippen LogP contribution in [-0.2, 0) is 16.2 Å². The first-order chi connectivity index (χ1) is 8.68. The monoisotopic (exact) mass is 294 g/mol. The van der Waals surface area contributed by atoms with E-state index >= 15 is 0 Å². The molecule has 0 radical (unpaired) electrons. The van der Waals surface area contributed by atoms with Crippen molar-refractivity contribution >= 4 is 10.0 Å². The third-order valence-electron chi connectivity index (χ3n) is 2.97. The fourth-order valence-corrected chi connectivity index (χ4v) is 3.19. The molecule has 0 bridgehead atoms. The molecule has 1 aromatic carbocycles. The highest BCUT2D eigenvalue weighted by molar-refractivity contribution is 7.89. The van der Waals surface area contributed by atoms with Crippen LogP contribution in [0.2, 0.25) is 0 Å². The van der Waals surface area contributed by atoms with Gasteiger partial charge < -0.3 is 5.73 Å². The van der Waals surface area contributed by atoms with E-state index in [4.69, 9.17) is 5.73 Å². The van der Waals surface area contributed by atoms with Crippen LogP contribution in [-0.4, -0.2) is 20.5 Å². The molecule has 4 nitrogen and oxygen atoms in total. The van der Waals surface area contributed by atoms with Gasteiger partial charge in [0.1, 0.15) is 0 Å². The Morgan fingerprint density at radius 2 is 1.89 bits per heavy atom. The number of alkyl halides is 3. The maximum Gasteiger partial charge on any atom is 0.416 e. The molecule has 0 heterocycles. The average Bonchev–Trinajstić information content (AvgIpc) is 2.26. The second-order valence-corrected chi connectivity index (χ2v) is 6.29. The number of halogens is 3. The molecule has 3 N–H and O–H groups in total. The van der Waals surface area contributed by atoms with Crippen LogP contribution in [0.3, 0.4) is 0 Å². The quantitative estimate of drug-likeness (QED) is 0.887. The minimum Gasteiger partial charge on any atom is -0.328 e. The van der Waals surface area contributed by atoms with Crippen molar-refractivity contribution in [1.29, 1.82) is 0 Å². The molecule has 1 fully saturated rings. The summed E-state index contributed by atoms with van der Waals surface area (Å²) in [6.07, 6.45) is -3.57. The Morgan fingerprint density at radius 3 is 2.42 bits per heavy atom. The molecule has 2 rings (SSSR count). The number of nitrogens with one attached hydrogen (secondary N) is 1. The van der Waals surface area contributed by atoms with Gasteiger partial charge in [-0.15, -0.1) is 0 Å². The molecule has 0 spiro atoms. The van der Waals surface area contributed by atoms with E-state index in [2.05, 4.69) is 4.72 Å². The summed E-state index contributed by atoms with van der Waals surface area (Å²) in [5, 5.41) is 0. The molecule has 0 aliphatic heterocycles. The zero-order valence-corrected chi connectivity index (χ0v) is 10.6. The van der Waals surface area contributed by atoms with E-state index in [0.29, 0.717) is 18.9 Å². The summed E-state index contributed by atoms with van der Waals surface area (Å²) in [5.41, 5.74) is 4.54. The summed E-state index contributed by atoms with van der Waals surface area (Å²) in [4.78, 5) is -0.386. The molecule has 1 aromatic rings. The van der Waals surface area contributed by atoms with Crippen molar-refractivity contribution in [2.24, 2.45) is 5.73 Å². The molecular weight excluding hydrogens is 281 g/mol. The Hall–Kier alpha value is -1.12. The number of hydrogen-bond acceptors (Lipinski definition) is 3. The van der Waals surface area contributed by atoms with Crippen molar-refractivity contribution in [2.45, 2.75) is 36.0 Å². The molecule has 0 atom stereocenters. The highest BCUT2D eigenvalue weighted by Gasteiger charge is 2.33. The third-order valence-corrected chi connectivity index (χ3v) is 4.49. The van der Waals surface area contributed by atoms with Crippen molar-refractivity contribution in [2.75, 3.05) is 0 Å². The fourth-order valence-electron chi connectivity index (χ4n) is 1.89. The van der Waals surface area contributed by atoms with Crippen LogP contribution in [0.25, 0.3) is 0 Å². The Morgan fingerprint density at radius 1 is 1.26 bits per heavy atom. The normalized spacial score (nSPS) is 24.0. The topological polar surface area (TPSA) is 72.2 Å². The summed E-state index contributed by atoms with van der Waals surface area (Å²) in [5.74, 6) is 0. The van der Waals surface area contributed by atoms with Gasteiger partial charge in [-0.3, -0.25) is 0 Å². The molecule has 19 heavy (non-hydrogen) atoms. The molecule has 1 aliphatic rings. The zero-order valence-electron chi connectivity index (χ0n) is 9.81. The third kappa shape index (κ3) is 3.26. The molecular formula is C11H13F3N2O2S. The molecule has 0 aromatic heterocycles. The maximum absolute atomic E-state index is 12.5. The summed E-state index contributed by atoms with van der Waals surface area (Å²) in [7, 11) is -3.93. The number of benzene rings is 1. The van der Waals surface area contributed by atoms with E-state index < -0.39 is 21.8 Å². The number of rotatable bonds is 3. The van der Waals surface area contributed by atoms with E-state index in [0.717, 1.165) is 18.2 Å². The van der Waals surface area contributed by atoms with E-state index in [1.165, 1.54) is 0 Å². The number of hydrogen-bond donors (Lipinski definition) is 2. The van der Waals surface area contributed by atoms with Gasteiger partial charge in [0.2, 0.25) is 10.0 Å². The second-order valence-electron chi connectivity index (χ2n) is 4.58. The lowest BCUT2D eigenvalue weighted by Crippen LogP contribution is -2.50. The van der Waals surface area contributed by atoms with Crippen molar-refractivity contribution in [3.63, 3.8) is 0 Å². The van der Waals surface area contributed by atoms with E-state index in [-0.39, 0.29) is 17.0 Å². The van der Waals surface area contributed by atoms with Gasteiger partial charge in [0.25, 0.3) is 0 Å². The van der Waals surface area contributed by atoms with Crippen LogP contribution in [0.4, 0.5) is 13.2 Å². The van der Waals surface area contributed by atoms with Crippen LogP contribution >= 0.6 is 0 Å². The van der Waals surface area contributed by atoms with Crippen LogP contribution in [0.5, 0.6) is 0 Å². The first-order valence-corrected chi connectivity index (χ1v) is 7.12. The van der Waals surface area contributed by atoms with Gasteiger partial charge in [-0.1, -0.05) is 6.07 Å². The lowest BCUT2D eigenvalue weighted by Gasteiger charge is -2.32. The van der Waals surface area contributed by atoms with Crippen LogP contribution in [0.15, 0.2) is 29.2 Å². The molecule has 8 heteroatoms. The van der Waals surface area contributed by atoms with Crippen molar-refractivity contribution in [3.05, 3.63) is 29.8 Å². The van der Waals surface area contributed by atoms with Gasteiger partial charge in [-0.25, -0.2) is 13.1 Å². The molecule has 106 valence electrons. The predicted molar refractivity (Wildman–Crippen MR) is 62.8 cm³/mol. The fraction of sp³-hybridized carbons (Fsp3) is 0.455. The minimum atomic E-state index is -4.57. The smallest absolute Gasteiger partial charge is 0.328 e. The Balaban J connectivity index is 2.21. The highest BCUT2D eigenvalue weighted by Crippen LogP contribution is 2.30. The standard InChI is InChI=1S/C11H13F3N2O2S/c12-11(13,14)7-2-1-3-10(4-7)19(17,18)16-9-5-8(15)6-9/h1-4,8-9,16H,5-6,15H2. The lowest BCUT2D eigenvalue weighted by molar-refractivity contribution is -0.137. The Bertz CT molecular complexity index is 566. The van der Waals surface area contributed by atoms with E-state index in [9.17, 15) is 21.6 Å². The number of sulfonamides is 1. The highest BCUT2D eigenvalue weighted by atomic mass is 32.2. The van der Waals surface area contributed by atoms with Crippen LogP contribution in [0, 0.1) is 0 Å². The van der Waals surface area contributed by atoms with Crippen LogP contribution < -0.4 is 10.5 Å². The molecule has 0 unspecified atom stereocenters. The SMILES string of the molecule is NC1CC(NS(=O)(=O)c2cccc(C(F)(F)F)c2)C1. The van der Waals surface area contributed by atoms with Gasteiger partial charge in [0.15, 0.2) is 0 Å². The molecule has 0 amide bonds. The maximum atomic E-state index is 12.5. The van der Waals surface area contributed by atoms with E-state index in [1.54, 1.807) is 0 Å². The Kier molecular flexibility index (Phi) is 3.59. The van der Waals surface area contributed by atoms with Crippen molar-refractivity contribution in [1.82, 2.24) is 4.72 Å². The molecule has 0 saturated heterocycles. The molecule has 1 saturated carbocycles. The lowest BCUT2D eigenvalue weighted by atomic mass is 9.89. The van der Waals surface area contributed by atoms with Gasteiger partial charge in [-0.2, -0.15) is 13.2 Å². The summed E-state index contributed by atoms with van der Waals surface area (Å²) in [6, 6.07) is 3.32. The summed E-state index contributed by atoms with van der Waals surface area (Å²) < 4.78 is 63.7. The molecule has 1 aliphatic carbocycles. The minimum absolute atomic E-state index is 0.0470. The van der Waals surface area contributed by atoms with Crippen molar-refractivity contribution < 1.29 is 21.6 Å².